The molecule has 0 aromatic carbocycles. The molecule has 0 fully saturated rings. The zero-order valence-corrected chi connectivity index (χ0v) is 12.1. The summed E-state index contributed by atoms with van der Waals surface area (Å²) >= 11 is 5.95. The number of hydrogen-bond acceptors (Lipinski definition) is 5. The van der Waals surface area contributed by atoms with Crippen molar-refractivity contribution in [2.75, 3.05) is 5.32 Å². The number of aromatic nitrogens is 3. The average Bonchev–Trinajstić information content (AvgIpc) is 2.82. The number of pyridine rings is 2. The third-order valence-corrected chi connectivity index (χ3v) is 3.30. The van der Waals surface area contributed by atoms with Crippen molar-refractivity contribution in [2.24, 2.45) is 0 Å². The van der Waals surface area contributed by atoms with Gasteiger partial charge in [-0.25, -0.2) is 9.97 Å². The van der Waals surface area contributed by atoms with Gasteiger partial charge in [-0.2, -0.15) is 0 Å². The molecule has 1 amide bonds. The van der Waals surface area contributed by atoms with Crippen LogP contribution < -0.4 is 5.32 Å². The molecule has 21 heavy (non-hydrogen) atoms. The molecule has 0 aliphatic heterocycles. The second kappa shape index (κ2) is 5.14. The Kier molecular flexibility index (Phi) is 3.31. The zero-order valence-electron chi connectivity index (χ0n) is 11.3. The van der Waals surface area contributed by atoms with Crippen LogP contribution in [0.5, 0.6) is 0 Å². The lowest BCUT2D eigenvalue weighted by Gasteiger charge is -2.07. The Morgan fingerprint density at radius 1 is 1.38 bits per heavy atom. The van der Waals surface area contributed by atoms with Crippen LogP contribution >= 0.6 is 11.6 Å². The van der Waals surface area contributed by atoms with E-state index in [1.807, 2.05) is 0 Å². The van der Waals surface area contributed by atoms with Crippen molar-refractivity contribution >= 4 is 34.3 Å². The summed E-state index contributed by atoms with van der Waals surface area (Å²) in [5, 5.41) is 7.41. The number of carbonyl (C=O) groups is 1. The van der Waals surface area contributed by atoms with Crippen LogP contribution in [0.4, 0.5) is 5.69 Å². The maximum Gasteiger partial charge on any atom is 0.258 e. The number of rotatable bonds is 2. The van der Waals surface area contributed by atoms with Crippen molar-refractivity contribution in [3.63, 3.8) is 0 Å². The van der Waals surface area contributed by atoms with Gasteiger partial charge in [0, 0.05) is 11.9 Å². The van der Waals surface area contributed by atoms with E-state index in [9.17, 15) is 4.79 Å². The van der Waals surface area contributed by atoms with Gasteiger partial charge in [0.05, 0.1) is 22.3 Å². The van der Waals surface area contributed by atoms with Gasteiger partial charge in [-0.1, -0.05) is 16.8 Å². The molecule has 106 valence electrons. The smallest absolute Gasteiger partial charge is 0.258 e. The molecule has 0 radical (unpaired) electrons. The van der Waals surface area contributed by atoms with Gasteiger partial charge in [0.15, 0.2) is 5.15 Å². The van der Waals surface area contributed by atoms with Crippen LogP contribution in [0.2, 0.25) is 5.15 Å². The Labute approximate surface area is 125 Å². The molecule has 0 bridgehead atoms. The Balaban J connectivity index is 2.06. The molecule has 3 aromatic rings. The predicted octanol–water partition coefficient (Wildman–Crippen LogP) is 3.14. The van der Waals surface area contributed by atoms with E-state index in [-0.39, 0.29) is 11.1 Å². The highest BCUT2D eigenvalue weighted by Gasteiger charge is 2.18. The van der Waals surface area contributed by atoms with E-state index in [0.717, 1.165) is 0 Å². The molecule has 0 aliphatic carbocycles. The summed E-state index contributed by atoms with van der Waals surface area (Å²) in [6, 6.07) is 5.06. The first-order valence-electron chi connectivity index (χ1n) is 6.22. The highest BCUT2D eigenvalue weighted by molar-refractivity contribution is 6.32. The fourth-order valence-corrected chi connectivity index (χ4v) is 2.23. The molecule has 0 aliphatic rings. The summed E-state index contributed by atoms with van der Waals surface area (Å²) in [5.41, 5.74) is 2.51. The number of amides is 1. The fourth-order valence-electron chi connectivity index (χ4n) is 2.07. The molecule has 3 aromatic heterocycles. The Morgan fingerprint density at radius 3 is 2.95 bits per heavy atom. The fraction of sp³-hybridized carbons (Fsp3) is 0.143. The number of aryl methyl sites for hydroxylation is 2. The predicted molar refractivity (Wildman–Crippen MR) is 78.5 cm³/mol. The van der Waals surface area contributed by atoms with Crippen LogP contribution in [0.25, 0.3) is 11.1 Å². The standard InChI is InChI=1S/C14H11ClN4O2/c1-7-6-9(11-8(2)19-21-14(11)17-7)13(20)18-10-4-3-5-16-12(10)15/h3-6H,1-2H3,(H,18,20). The minimum atomic E-state index is -0.313. The molecule has 0 saturated carbocycles. The molecular formula is C14H11ClN4O2. The number of anilines is 1. The van der Waals surface area contributed by atoms with Gasteiger partial charge < -0.3 is 9.84 Å². The summed E-state index contributed by atoms with van der Waals surface area (Å²) in [5.74, 6) is -0.313. The second-order valence-corrected chi connectivity index (χ2v) is 4.91. The van der Waals surface area contributed by atoms with E-state index in [0.29, 0.717) is 33.7 Å². The highest BCUT2D eigenvalue weighted by Crippen LogP contribution is 2.24. The lowest BCUT2D eigenvalue weighted by Crippen LogP contribution is -2.13. The number of carbonyl (C=O) groups excluding carboxylic acids is 1. The SMILES string of the molecule is Cc1cc(C(=O)Nc2cccnc2Cl)c2c(C)noc2n1. The zero-order chi connectivity index (χ0) is 15.0. The van der Waals surface area contributed by atoms with Gasteiger partial charge in [0.1, 0.15) is 0 Å². The van der Waals surface area contributed by atoms with E-state index >= 15 is 0 Å². The van der Waals surface area contributed by atoms with E-state index < -0.39 is 0 Å². The normalized spacial score (nSPS) is 10.8. The summed E-state index contributed by atoms with van der Waals surface area (Å²) in [4.78, 5) is 20.6. The summed E-state index contributed by atoms with van der Waals surface area (Å²) in [7, 11) is 0. The molecule has 0 atom stereocenters. The van der Waals surface area contributed by atoms with Gasteiger partial charge >= 0.3 is 0 Å². The minimum Gasteiger partial charge on any atom is -0.336 e. The Hall–Kier alpha value is -2.47. The molecule has 0 saturated heterocycles. The van der Waals surface area contributed by atoms with E-state index in [1.165, 1.54) is 0 Å². The summed E-state index contributed by atoms with van der Waals surface area (Å²) in [6.45, 7) is 3.54. The average molecular weight is 303 g/mol. The lowest BCUT2D eigenvalue weighted by molar-refractivity contribution is 0.102. The second-order valence-electron chi connectivity index (χ2n) is 4.56. The summed E-state index contributed by atoms with van der Waals surface area (Å²) < 4.78 is 5.11. The van der Waals surface area contributed by atoms with Crippen molar-refractivity contribution < 1.29 is 9.32 Å². The van der Waals surface area contributed by atoms with E-state index in [2.05, 4.69) is 20.4 Å². The third kappa shape index (κ3) is 2.45. The molecule has 3 rings (SSSR count). The van der Waals surface area contributed by atoms with Crippen molar-refractivity contribution in [1.82, 2.24) is 15.1 Å². The topological polar surface area (TPSA) is 80.9 Å². The maximum absolute atomic E-state index is 12.5. The first-order chi connectivity index (χ1) is 10.1. The van der Waals surface area contributed by atoms with Crippen LogP contribution in [0, 0.1) is 13.8 Å². The number of nitrogens with zero attached hydrogens (tertiary/aromatic N) is 3. The lowest BCUT2D eigenvalue weighted by atomic mass is 10.1. The van der Waals surface area contributed by atoms with Crippen LogP contribution in [0.1, 0.15) is 21.7 Å². The van der Waals surface area contributed by atoms with Crippen molar-refractivity contribution in [3.05, 3.63) is 46.5 Å². The number of halogens is 1. The Morgan fingerprint density at radius 2 is 2.19 bits per heavy atom. The largest absolute Gasteiger partial charge is 0.336 e. The highest BCUT2D eigenvalue weighted by atomic mass is 35.5. The van der Waals surface area contributed by atoms with Crippen molar-refractivity contribution in [1.29, 1.82) is 0 Å². The summed E-state index contributed by atoms with van der Waals surface area (Å²) in [6.07, 6.45) is 1.55. The van der Waals surface area contributed by atoms with E-state index in [4.69, 9.17) is 16.1 Å². The number of hydrogen-bond donors (Lipinski definition) is 1. The monoisotopic (exact) mass is 302 g/mol. The van der Waals surface area contributed by atoms with Gasteiger partial charge in [-0.05, 0) is 32.0 Å². The van der Waals surface area contributed by atoms with Gasteiger partial charge in [0.2, 0.25) is 0 Å². The van der Waals surface area contributed by atoms with Crippen molar-refractivity contribution in [3.8, 4) is 0 Å². The van der Waals surface area contributed by atoms with Crippen LogP contribution in [0.3, 0.4) is 0 Å². The molecule has 0 spiro atoms. The first-order valence-corrected chi connectivity index (χ1v) is 6.59. The van der Waals surface area contributed by atoms with Crippen LogP contribution in [-0.4, -0.2) is 21.0 Å². The first kappa shape index (κ1) is 13.5. The number of nitrogens with one attached hydrogen (secondary N) is 1. The molecule has 7 heteroatoms. The third-order valence-electron chi connectivity index (χ3n) is 3.00. The quantitative estimate of drug-likeness (QED) is 0.735. The number of fused-ring (bicyclic) bond motifs is 1. The van der Waals surface area contributed by atoms with E-state index in [1.54, 1.807) is 38.2 Å². The molecule has 6 nitrogen and oxygen atoms in total. The van der Waals surface area contributed by atoms with Gasteiger partial charge in [-0.15, -0.1) is 0 Å². The van der Waals surface area contributed by atoms with Crippen molar-refractivity contribution in [2.45, 2.75) is 13.8 Å². The molecule has 1 N–H and O–H groups in total. The molecular weight excluding hydrogens is 292 g/mol. The Bertz CT molecular complexity index is 844. The molecule has 0 unspecified atom stereocenters. The van der Waals surface area contributed by atoms with Gasteiger partial charge in [0.25, 0.3) is 11.6 Å². The molecule has 3 heterocycles. The minimum absolute atomic E-state index is 0.231. The van der Waals surface area contributed by atoms with Gasteiger partial charge in [-0.3, -0.25) is 4.79 Å². The van der Waals surface area contributed by atoms with Crippen LogP contribution in [0.15, 0.2) is 28.9 Å². The maximum atomic E-state index is 12.5. The van der Waals surface area contributed by atoms with Crippen LogP contribution in [-0.2, 0) is 0 Å².